The van der Waals surface area contributed by atoms with Gasteiger partial charge in [0.05, 0.1) is 16.3 Å². The van der Waals surface area contributed by atoms with Gasteiger partial charge in [-0.05, 0) is 31.2 Å². The highest BCUT2D eigenvalue weighted by molar-refractivity contribution is 5.91. The molecule has 1 N–H and O–H groups in total. The molecule has 0 saturated heterocycles. The van der Waals surface area contributed by atoms with Crippen LogP contribution < -0.4 is 10.1 Å². The van der Waals surface area contributed by atoms with Gasteiger partial charge >= 0.3 is 0 Å². The lowest BCUT2D eigenvalue weighted by molar-refractivity contribution is -0.384. The van der Waals surface area contributed by atoms with E-state index in [1.165, 1.54) is 47.1 Å². The predicted octanol–water partition coefficient (Wildman–Crippen LogP) is 3.25. The maximum Gasteiger partial charge on any atom is 0.269 e. The minimum atomic E-state index is -0.558. The van der Waals surface area contributed by atoms with Crippen molar-refractivity contribution in [3.8, 4) is 11.4 Å². The zero-order chi connectivity index (χ0) is 19.4. The highest BCUT2D eigenvalue weighted by Gasteiger charge is 2.13. The van der Waals surface area contributed by atoms with Crippen LogP contribution in [-0.2, 0) is 4.79 Å². The molecule has 0 bridgehead atoms. The normalized spacial score (nSPS) is 10.4. The molecule has 9 heteroatoms. The SMILES string of the molecule is Cc1cc(NC(=O)COc2ccccc2F)n(-c2ccc([N+](=O)[O-])cc2)n1. The minimum Gasteiger partial charge on any atom is -0.481 e. The summed E-state index contributed by atoms with van der Waals surface area (Å²) < 4.78 is 20.1. The van der Waals surface area contributed by atoms with Crippen LogP contribution in [0.4, 0.5) is 15.9 Å². The summed E-state index contributed by atoms with van der Waals surface area (Å²) in [7, 11) is 0. The van der Waals surface area contributed by atoms with E-state index in [-0.39, 0.29) is 18.0 Å². The standard InChI is InChI=1S/C18H15FN4O4/c1-12-10-17(20-18(24)11-27-16-5-3-2-4-15(16)19)22(21-12)13-6-8-14(9-7-13)23(25)26/h2-10H,11H2,1H3,(H,20,24). The van der Waals surface area contributed by atoms with Gasteiger partial charge in [-0.2, -0.15) is 5.10 Å². The fraction of sp³-hybridized carbons (Fsp3) is 0.111. The number of para-hydroxylation sites is 1. The van der Waals surface area contributed by atoms with Gasteiger partial charge in [-0.3, -0.25) is 14.9 Å². The number of anilines is 1. The fourth-order valence-corrected chi connectivity index (χ4v) is 2.38. The van der Waals surface area contributed by atoms with Gasteiger partial charge in [-0.25, -0.2) is 9.07 Å². The van der Waals surface area contributed by atoms with Gasteiger partial charge in [-0.15, -0.1) is 0 Å². The fourth-order valence-electron chi connectivity index (χ4n) is 2.38. The van der Waals surface area contributed by atoms with Gasteiger partial charge in [0.1, 0.15) is 5.82 Å². The second-order valence-corrected chi connectivity index (χ2v) is 5.62. The molecule has 0 aliphatic heterocycles. The first-order chi connectivity index (χ1) is 12.9. The van der Waals surface area contributed by atoms with Gasteiger partial charge in [-0.1, -0.05) is 12.1 Å². The Labute approximate surface area is 153 Å². The molecular weight excluding hydrogens is 355 g/mol. The molecule has 3 aromatic rings. The summed E-state index contributed by atoms with van der Waals surface area (Å²) in [6.07, 6.45) is 0. The molecular formula is C18H15FN4O4. The Morgan fingerprint density at radius 2 is 1.96 bits per heavy atom. The molecule has 138 valence electrons. The van der Waals surface area contributed by atoms with E-state index in [4.69, 9.17) is 4.74 Å². The van der Waals surface area contributed by atoms with E-state index in [9.17, 15) is 19.3 Å². The van der Waals surface area contributed by atoms with Gasteiger partial charge < -0.3 is 10.1 Å². The summed E-state index contributed by atoms with van der Waals surface area (Å²) in [4.78, 5) is 22.4. The number of carbonyl (C=O) groups excluding carboxylic acids is 1. The van der Waals surface area contributed by atoms with Gasteiger partial charge in [0.2, 0.25) is 0 Å². The summed E-state index contributed by atoms with van der Waals surface area (Å²) in [5.74, 6) is -0.713. The third-order valence-corrected chi connectivity index (χ3v) is 3.60. The highest BCUT2D eigenvalue weighted by atomic mass is 19.1. The van der Waals surface area contributed by atoms with E-state index in [1.54, 1.807) is 19.1 Å². The van der Waals surface area contributed by atoms with Crippen molar-refractivity contribution in [3.05, 3.63) is 76.2 Å². The Bertz CT molecular complexity index is 985. The Kier molecular flexibility index (Phi) is 5.11. The third-order valence-electron chi connectivity index (χ3n) is 3.60. The van der Waals surface area contributed by atoms with Gasteiger partial charge in [0, 0.05) is 18.2 Å². The van der Waals surface area contributed by atoms with Crippen LogP contribution in [-0.4, -0.2) is 27.2 Å². The Morgan fingerprint density at radius 1 is 1.26 bits per heavy atom. The quantitative estimate of drug-likeness (QED) is 0.530. The monoisotopic (exact) mass is 370 g/mol. The molecule has 0 atom stereocenters. The molecule has 1 amide bonds. The van der Waals surface area contributed by atoms with E-state index in [0.717, 1.165) is 0 Å². The highest BCUT2D eigenvalue weighted by Crippen LogP contribution is 2.20. The van der Waals surface area contributed by atoms with E-state index < -0.39 is 16.6 Å². The maximum absolute atomic E-state index is 13.5. The smallest absolute Gasteiger partial charge is 0.269 e. The second kappa shape index (κ2) is 7.65. The predicted molar refractivity (Wildman–Crippen MR) is 95.5 cm³/mol. The number of non-ortho nitro benzene ring substituents is 1. The van der Waals surface area contributed by atoms with E-state index in [2.05, 4.69) is 10.4 Å². The average Bonchev–Trinajstić information content (AvgIpc) is 3.01. The Balaban J connectivity index is 1.73. The number of aryl methyl sites for hydroxylation is 1. The first-order valence-electron chi connectivity index (χ1n) is 7.93. The zero-order valence-electron chi connectivity index (χ0n) is 14.3. The summed E-state index contributed by atoms with van der Waals surface area (Å²) in [5, 5.41) is 17.7. The van der Waals surface area contributed by atoms with Crippen LogP contribution >= 0.6 is 0 Å². The van der Waals surface area contributed by atoms with E-state index in [0.29, 0.717) is 17.2 Å². The number of nitro groups is 1. The maximum atomic E-state index is 13.5. The van der Waals surface area contributed by atoms with Crippen molar-refractivity contribution in [3.63, 3.8) is 0 Å². The molecule has 1 aromatic heterocycles. The molecule has 3 rings (SSSR count). The number of halogens is 1. The van der Waals surface area contributed by atoms with E-state index in [1.807, 2.05) is 0 Å². The summed E-state index contributed by atoms with van der Waals surface area (Å²) in [6, 6.07) is 13.2. The summed E-state index contributed by atoms with van der Waals surface area (Å²) in [5.41, 5.74) is 1.13. The summed E-state index contributed by atoms with van der Waals surface area (Å²) in [6.45, 7) is 1.36. The lowest BCUT2D eigenvalue weighted by Crippen LogP contribution is -2.22. The summed E-state index contributed by atoms with van der Waals surface area (Å²) >= 11 is 0. The van der Waals surface area contributed by atoms with Crippen LogP contribution in [0.1, 0.15) is 5.69 Å². The molecule has 1 heterocycles. The number of aromatic nitrogens is 2. The number of nitrogens with zero attached hydrogens (tertiary/aromatic N) is 3. The lowest BCUT2D eigenvalue weighted by Gasteiger charge is -2.10. The second-order valence-electron chi connectivity index (χ2n) is 5.62. The molecule has 27 heavy (non-hydrogen) atoms. The molecule has 0 aliphatic carbocycles. The number of rotatable bonds is 6. The molecule has 0 unspecified atom stereocenters. The van der Waals surface area contributed by atoms with Gasteiger partial charge in [0.15, 0.2) is 18.2 Å². The van der Waals surface area contributed by atoms with Crippen molar-refractivity contribution in [2.75, 3.05) is 11.9 Å². The molecule has 0 aliphatic rings. The number of benzene rings is 2. The molecule has 0 saturated carbocycles. The first kappa shape index (κ1) is 18.1. The van der Waals surface area contributed by atoms with Crippen LogP contribution in [0.2, 0.25) is 0 Å². The molecule has 0 fully saturated rings. The van der Waals surface area contributed by atoms with Crippen molar-refractivity contribution in [1.82, 2.24) is 9.78 Å². The van der Waals surface area contributed by atoms with E-state index >= 15 is 0 Å². The van der Waals surface area contributed by atoms with Crippen molar-refractivity contribution in [2.24, 2.45) is 0 Å². The van der Waals surface area contributed by atoms with Crippen LogP contribution in [0, 0.1) is 22.9 Å². The number of hydrogen-bond donors (Lipinski definition) is 1. The van der Waals surface area contributed by atoms with Crippen molar-refractivity contribution >= 4 is 17.4 Å². The Morgan fingerprint density at radius 3 is 2.63 bits per heavy atom. The number of carbonyl (C=O) groups is 1. The number of ether oxygens (including phenoxy) is 1. The molecule has 0 spiro atoms. The number of nitro benzene ring substituents is 1. The minimum absolute atomic E-state index is 0.0206. The van der Waals surface area contributed by atoms with Crippen molar-refractivity contribution in [1.29, 1.82) is 0 Å². The number of nitrogens with one attached hydrogen (secondary N) is 1. The van der Waals surface area contributed by atoms with Crippen LogP contribution in [0.5, 0.6) is 5.75 Å². The van der Waals surface area contributed by atoms with Crippen LogP contribution in [0.15, 0.2) is 54.6 Å². The van der Waals surface area contributed by atoms with Crippen LogP contribution in [0.25, 0.3) is 5.69 Å². The third kappa shape index (κ3) is 4.27. The molecule has 2 aromatic carbocycles. The largest absolute Gasteiger partial charge is 0.481 e. The van der Waals surface area contributed by atoms with Crippen LogP contribution in [0.3, 0.4) is 0 Å². The molecule has 8 nitrogen and oxygen atoms in total. The van der Waals surface area contributed by atoms with Gasteiger partial charge in [0.25, 0.3) is 11.6 Å². The lowest BCUT2D eigenvalue weighted by atomic mass is 10.3. The molecule has 0 radical (unpaired) electrons. The zero-order valence-corrected chi connectivity index (χ0v) is 14.3. The first-order valence-corrected chi connectivity index (χ1v) is 7.93. The van der Waals surface area contributed by atoms with Crippen molar-refractivity contribution < 1.29 is 18.8 Å². The number of amides is 1. The van der Waals surface area contributed by atoms with Crippen molar-refractivity contribution in [2.45, 2.75) is 6.92 Å². The average molecular weight is 370 g/mol. The topological polar surface area (TPSA) is 99.3 Å². The number of hydrogen-bond acceptors (Lipinski definition) is 5. The Hall–Kier alpha value is -3.75.